The zero-order valence-corrected chi connectivity index (χ0v) is 12.8. The number of aryl methyl sites for hydroxylation is 1. The predicted octanol–water partition coefficient (Wildman–Crippen LogP) is 2.75. The van der Waals surface area contributed by atoms with Crippen LogP contribution in [0.4, 0.5) is 11.4 Å². The molecule has 5 nitrogen and oxygen atoms in total. The highest BCUT2D eigenvalue weighted by Gasteiger charge is 2.48. The summed E-state index contributed by atoms with van der Waals surface area (Å²) in [4.78, 5) is 10.8. The molecule has 1 aromatic rings. The molecule has 2 aliphatic heterocycles. The lowest BCUT2D eigenvalue weighted by Crippen LogP contribution is -2.59. The summed E-state index contributed by atoms with van der Waals surface area (Å²) >= 11 is 0. The largest absolute Gasteiger partial charge is 0.311 e. The third-order valence-electron chi connectivity index (χ3n) is 5.48. The molecule has 2 saturated heterocycles. The molecule has 2 aliphatic rings. The van der Waals surface area contributed by atoms with E-state index in [9.17, 15) is 10.1 Å². The molecule has 0 amide bonds. The van der Waals surface area contributed by atoms with Crippen molar-refractivity contribution in [3.05, 3.63) is 33.9 Å². The van der Waals surface area contributed by atoms with E-state index in [2.05, 4.69) is 18.3 Å². The molecule has 1 unspecified atom stereocenters. The fourth-order valence-corrected chi connectivity index (χ4v) is 4.37. The summed E-state index contributed by atoms with van der Waals surface area (Å²) in [6.07, 6.45) is 3.68. The SMILES string of the molecule is Cc1cc([N+]2([C@@H]3CCNC3)CCC[C@@H]2C)ccc1[N+](=O)[O-]. The van der Waals surface area contributed by atoms with Gasteiger partial charge in [0.05, 0.1) is 17.5 Å². The van der Waals surface area contributed by atoms with Gasteiger partial charge >= 0.3 is 0 Å². The number of rotatable bonds is 3. The molecule has 3 atom stereocenters. The molecule has 0 radical (unpaired) electrons. The van der Waals surface area contributed by atoms with Crippen molar-refractivity contribution in [1.29, 1.82) is 0 Å². The second-order valence-corrected chi connectivity index (χ2v) is 6.52. The monoisotopic (exact) mass is 290 g/mol. The Hall–Kier alpha value is -1.46. The van der Waals surface area contributed by atoms with Gasteiger partial charge in [0.15, 0.2) is 0 Å². The molecular formula is C16H24N3O2+. The first-order valence-corrected chi connectivity index (χ1v) is 7.89. The molecule has 0 spiro atoms. The maximum absolute atomic E-state index is 11.0. The number of nitrogens with zero attached hydrogens (tertiary/aromatic N) is 2. The lowest BCUT2D eigenvalue weighted by molar-refractivity contribution is -0.385. The second-order valence-electron chi connectivity index (χ2n) is 6.52. The van der Waals surface area contributed by atoms with Crippen molar-refractivity contribution in [1.82, 2.24) is 9.80 Å². The Morgan fingerprint density at radius 1 is 1.38 bits per heavy atom. The van der Waals surface area contributed by atoms with Crippen LogP contribution in [0.15, 0.2) is 18.2 Å². The van der Waals surface area contributed by atoms with Gasteiger partial charge < -0.3 is 5.32 Å². The summed E-state index contributed by atoms with van der Waals surface area (Å²) in [6.45, 7) is 7.49. The Morgan fingerprint density at radius 3 is 2.71 bits per heavy atom. The van der Waals surface area contributed by atoms with E-state index in [0.717, 1.165) is 29.7 Å². The van der Waals surface area contributed by atoms with Crippen LogP contribution in [0.2, 0.25) is 0 Å². The van der Waals surface area contributed by atoms with Crippen molar-refractivity contribution in [2.75, 3.05) is 19.6 Å². The number of likely N-dealkylation sites (tertiary alicyclic amines) is 1. The summed E-state index contributed by atoms with van der Waals surface area (Å²) in [5, 5.41) is 14.5. The third kappa shape index (κ3) is 2.24. The summed E-state index contributed by atoms with van der Waals surface area (Å²) in [5.74, 6) is 0. The average Bonchev–Trinajstić information content (AvgIpc) is 3.07. The van der Waals surface area contributed by atoms with E-state index in [0.29, 0.717) is 12.1 Å². The molecule has 5 heteroatoms. The number of nitro benzene ring substituents is 1. The highest BCUT2D eigenvalue weighted by atomic mass is 16.6. The van der Waals surface area contributed by atoms with E-state index >= 15 is 0 Å². The summed E-state index contributed by atoms with van der Waals surface area (Å²) in [5.41, 5.74) is 2.27. The zero-order chi connectivity index (χ0) is 15.0. The molecular weight excluding hydrogens is 266 g/mol. The van der Waals surface area contributed by atoms with Crippen molar-refractivity contribution in [3.8, 4) is 0 Å². The van der Waals surface area contributed by atoms with Crippen LogP contribution in [-0.4, -0.2) is 36.6 Å². The predicted molar refractivity (Wildman–Crippen MR) is 84.5 cm³/mol. The molecule has 0 saturated carbocycles. The fraction of sp³-hybridized carbons (Fsp3) is 0.625. The Balaban J connectivity index is 2.05. The minimum absolute atomic E-state index is 0.230. The van der Waals surface area contributed by atoms with Gasteiger partial charge in [0.25, 0.3) is 5.69 Å². The number of nitrogens with one attached hydrogen (secondary N) is 1. The minimum atomic E-state index is -0.284. The van der Waals surface area contributed by atoms with Crippen molar-refractivity contribution < 1.29 is 4.92 Å². The number of hydrogen-bond acceptors (Lipinski definition) is 3. The first-order chi connectivity index (χ1) is 10.1. The van der Waals surface area contributed by atoms with E-state index in [-0.39, 0.29) is 10.6 Å². The summed E-state index contributed by atoms with van der Waals surface area (Å²) in [6, 6.07) is 6.93. The first kappa shape index (κ1) is 14.5. The van der Waals surface area contributed by atoms with Crippen LogP contribution in [0.1, 0.15) is 31.7 Å². The maximum Gasteiger partial charge on any atom is 0.272 e. The highest BCUT2D eigenvalue weighted by Crippen LogP contribution is 2.40. The summed E-state index contributed by atoms with van der Waals surface area (Å²) in [7, 11) is 0. The van der Waals surface area contributed by atoms with Gasteiger partial charge in [0.1, 0.15) is 11.7 Å². The molecule has 0 aliphatic carbocycles. The Labute approximate surface area is 125 Å². The third-order valence-corrected chi connectivity index (χ3v) is 5.48. The fourth-order valence-electron chi connectivity index (χ4n) is 4.37. The molecule has 3 rings (SSSR count). The first-order valence-electron chi connectivity index (χ1n) is 7.89. The van der Waals surface area contributed by atoms with Crippen molar-refractivity contribution in [3.63, 3.8) is 0 Å². The van der Waals surface area contributed by atoms with Crippen LogP contribution in [0.5, 0.6) is 0 Å². The van der Waals surface area contributed by atoms with Crippen molar-refractivity contribution in [2.24, 2.45) is 0 Å². The number of quaternary nitrogens is 1. The van der Waals surface area contributed by atoms with Gasteiger partial charge in [0, 0.05) is 56.1 Å². The van der Waals surface area contributed by atoms with Gasteiger partial charge in [-0.2, -0.15) is 0 Å². The topological polar surface area (TPSA) is 55.2 Å². The van der Waals surface area contributed by atoms with Gasteiger partial charge in [0.2, 0.25) is 0 Å². The van der Waals surface area contributed by atoms with Gasteiger partial charge in [-0.15, -0.1) is 0 Å². The molecule has 1 aromatic carbocycles. The van der Waals surface area contributed by atoms with Crippen molar-refractivity contribution in [2.45, 2.75) is 45.2 Å². The highest BCUT2D eigenvalue weighted by molar-refractivity contribution is 5.54. The number of hydrogen-bond donors (Lipinski definition) is 1. The van der Waals surface area contributed by atoms with Gasteiger partial charge in [-0.1, -0.05) is 0 Å². The maximum atomic E-state index is 11.0. The van der Waals surface area contributed by atoms with E-state index < -0.39 is 0 Å². The Bertz CT molecular complexity index is 554. The molecule has 0 aromatic heterocycles. The average molecular weight is 290 g/mol. The molecule has 21 heavy (non-hydrogen) atoms. The normalized spacial score (nSPS) is 32.5. The van der Waals surface area contributed by atoms with Crippen molar-refractivity contribution >= 4 is 11.4 Å². The van der Waals surface area contributed by atoms with E-state index in [4.69, 9.17) is 0 Å². The Kier molecular flexibility index (Phi) is 3.71. The molecule has 114 valence electrons. The van der Waals surface area contributed by atoms with E-state index in [1.165, 1.54) is 24.9 Å². The van der Waals surface area contributed by atoms with E-state index in [1.54, 1.807) is 6.07 Å². The Morgan fingerprint density at radius 2 is 2.19 bits per heavy atom. The van der Waals surface area contributed by atoms with E-state index in [1.807, 2.05) is 13.0 Å². The van der Waals surface area contributed by atoms with Crippen LogP contribution in [0.25, 0.3) is 0 Å². The minimum Gasteiger partial charge on any atom is -0.311 e. The smallest absolute Gasteiger partial charge is 0.272 e. The number of benzene rings is 1. The van der Waals surface area contributed by atoms with Gasteiger partial charge in [-0.05, 0) is 13.8 Å². The second kappa shape index (κ2) is 5.39. The van der Waals surface area contributed by atoms with Crippen LogP contribution < -0.4 is 9.80 Å². The molecule has 1 N–H and O–H groups in total. The zero-order valence-electron chi connectivity index (χ0n) is 12.8. The quantitative estimate of drug-likeness (QED) is 0.529. The van der Waals surface area contributed by atoms with Gasteiger partial charge in [-0.25, -0.2) is 0 Å². The van der Waals surface area contributed by atoms with Crippen LogP contribution >= 0.6 is 0 Å². The lowest BCUT2D eigenvalue weighted by Gasteiger charge is -2.43. The molecule has 2 heterocycles. The lowest BCUT2D eigenvalue weighted by atomic mass is 10.0. The standard InChI is InChI=1S/C16H24N3O2/c1-12-10-14(5-6-16(12)18(20)21)19(9-3-4-13(19)2)15-7-8-17-11-15/h5-6,10,13,15,17H,3-4,7-9,11H2,1-2H3/q+1/t13-,15+,19?/m0/s1. The van der Waals surface area contributed by atoms with Crippen LogP contribution in [0.3, 0.4) is 0 Å². The molecule has 2 fully saturated rings. The van der Waals surface area contributed by atoms with Crippen LogP contribution in [0, 0.1) is 17.0 Å². The number of nitro groups is 1. The summed E-state index contributed by atoms with van der Waals surface area (Å²) < 4.78 is 1.01. The van der Waals surface area contributed by atoms with Crippen LogP contribution in [-0.2, 0) is 0 Å². The van der Waals surface area contributed by atoms with Gasteiger partial charge in [-0.3, -0.25) is 14.6 Å². The molecule has 0 bridgehead atoms.